The fourth-order valence-corrected chi connectivity index (χ4v) is 3.15. The summed E-state index contributed by atoms with van der Waals surface area (Å²) in [5.74, 6) is 0.144. The Balaban J connectivity index is 3.10. The van der Waals surface area contributed by atoms with Crippen molar-refractivity contribution in [2.75, 3.05) is 25.5 Å². The van der Waals surface area contributed by atoms with Gasteiger partial charge in [-0.25, -0.2) is 13.4 Å². The molecule has 0 radical (unpaired) electrons. The first-order valence-corrected chi connectivity index (χ1v) is 7.43. The summed E-state index contributed by atoms with van der Waals surface area (Å²) in [5.41, 5.74) is 0. The molecular weight excluding hydrogens is 264 g/mol. The fourth-order valence-electron chi connectivity index (χ4n) is 1.60. The predicted molar refractivity (Wildman–Crippen MR) is 73.0 cm³/mol. The van der Waals surface area contributed by atoms with Gasteiger partial charge in [-0.1, -0.05) is 6.92 Å². The number of anilines is 1. The van der Waals surface area contributed by atoms with Gasteiger partial charge in [0.15, 0.2) is 0 Å². The molecule has 19 heavy (non-hydrogen) atoms. The molecule has 6 nitrogen and oxygen atoms in total. The van der Waals surface area contributed by atoms with Gasteiger partial charge in [-0.15, -0.1) is 0 Å². The molecule has 0 saturated carbocycles. The molecule has 0 aliphatic heterocycles. The first kappa shape index (κ1) is 15.4. The maximum atomic E-state index is 12.4. The predicted octanol–water partition coefficient (Wildman–Crippen LogP) is 1.29. The summed E-state index contributed by atoms with van der Waals surface area (Å²) in [6.07, 6.45) is 1.44. The second-order valence-electron chi connectivity index (χ2n) is 4.11. The molecule has 1 N–H and O–H groups in total. The number of pyridine rings is 1. The zero-order valence-electron chi connectivity index (χ0n) is 11.3. The van der Waals surface area contributed by atoms with E-state index in [1.54, 1.807) is 20.9 Å². The summed E-state index contributed by atoms with van der Waals surface area (Å²) < 4.78 is 26.2. The standard InChI is InChI=1S/C12H18N4O2S/c1-4-16(9-10(2)8-13)19(17,18)11-5-6-15-12(7-11)14-3/h5-7,10H,4,9H2,1-3H3,(H,14,15). The highest BCUT2D eigenvalue weighted by molar-refractivity contribution is 7.89. The van der Waals surface area contributed by atoms with Gasteiger partial charge >= 0.3 is 0 Å². The zero-order chi connectivity index (χ0) is 14.5. The third-order valence-corrected chi connectivity index (χ3v) is 4.61. The lowest BCUT2D eigenvalue weighted by Crippen LogP contribution is -2.34. The average Bonchev–Trinajstić information content (AvgIpc) is 2.44. The summed E-state index contributed by atoms with van der Waals surface area (Å²) in [5, 5.41) is 11.6. The molecule has 1 atom stereocenters. The quantitative estimate of drug-likeness (QED) is 0.849. The van der Waals surface area contributed by atoms with Gasteiger partial charge in [0.2, 0.25) is 10.0 Å². The first-order valence-electron chi connectivity index (χ1n) is 5.99. The molecule has 0 aliphatic carbocycles. The number of aromatic nitrogens is 1. The van der Waals surface area contributed by atoms with Gasteiger partial charge in [-0.3, -0.25) is 0 Å². The first-order chi connectivity index (χ1) is 8.95. The van der Waals surface area contributed by atoms with Crippen molar-refractivity contribution < 1.29 is 8.42 Å². The zero-order valence-corrected chi connectivity index (χ0v) is 12.1. The molecule has 1 unspecified atom stereocenters. The Bertz CT molecular complexity index is 565. The van der Waals surface area contributed by atoms with Crippen LogP contribution in [0.5, 0.6) is 0 Å². The molecule has 0 aliphatic rings. The monoisotopic (exact) mass is 282 g/mol. The van der Waals surface area contributed by atoms with Crippen molar-refractivity contribution >= 4 is 15.8 Å². The maximum absolute atomic E-state index is 12.4. The van der Waals surface area contributed by atoms with Gasteiger partial charge in [-0.05, 0) is 13.0 Å². The van der Waals surface area contributed by atoms with Crippen molar-refractivity contribution in [3.05, 3.63) is 18.3 Å². The molecule has 1 rings (SSSR count). The molecule has 7 heteroatoms. The van der Waals surface area contributed by atoms with E-state index in [1.807, 2.05) is 6.07 Å². The Morgan fingerprint density at radius 1 is 1.58 bits per heavy atom. The van der Waals surface area contributed by atoms with E-state index in [2.05, 4.69) is 10.3 Å². The lowest BCUT2D eigenvalue weighted by atomic mass is 10.2. The number of nitrogens with zero attached hydrogens (tertiary/aromatic N) is 3. The molecule has 1 aromatic rings. The second kappa shape index (κ2) is 6.50. The van der Waals surface area contributed by atoms with Crippen LogP contribution < -0.4 is 5.32 Å². The minimum Gasteiger partial charge on any atom is -0.373 e. The highest BCUT2D eigenvalue weighted by atomic mass is 32.2. The van der Waals surface area contributed by atoms with E-state index >= 15 is 0 Å². The Hall–Kier alpha value is -1.65. The van der Waals surface area contributed by atoms with E-state index in [4.69, 9.17) is 5.26 Å². The molecular formula is C12H18N4O2S. The van der Waals surface area contributed by atoms with Crippen LogP contribution in [0, 0.1) is 17.2 Å². The summed E-state index contributed by atoms with van der Waals surface area (Å²) in [4.78, 5) is 4.17. The van der Waals surface area contributed by atoms with Crippen molar-refractivity contribution in [1.29, 1.82) is 5.26 Å². The second-order valence-corrected chi connectivity index (χ2v) is 6.05. The van der Waals surface area contributed by atoms with Gasteiger partial charge < -0.3 is 5.32 Å². The van der Waals surface area contributed by atoms with E-state index in [1.165, 1.54) is 22.6 Å². The summed E-state index contributed by atoms with van der Waals surface area (Å²) in [7, 11) is -1.91. The largest absolute Gasteiger partial charge is 0.373 e. The number of nitriles is 1. The van der Waals surface area contributed by atoms with Crippen LogP contribution in [0.4, 0.5) is 5.82 Å². The van der Waals surface area contributed by atoms with Crippen LogP contribution in [0.2, 0.25) is 0 Å². The van der Waals surface area contributed by atoms with Crippen LogP contribution in [0.15, 0.2) is 23.2 Å². The number of hydrogen-bond acceptors (Lipinski definition) is 5. The SMILES string of the molecule is CCN(CC(C)C#N)S(=O)(=O)c1ccnc(NC)c1. The Morgan fingerprint density at radius 2 is 2.26 bits per heavy atom. The number of sulfonamides is 1. The van der Waals surface area contributed by atoms with Crippen molar-refractivity contribution in [3.8, 4) is 6.07 Å². The van der Waals surface area contributed by atoms with Crippen LogP contribution >= 0.6 is 0 Å². The fraction of sp³-hybridized carbons (Fsp3) is 0.500. The van der Waals surface area contributed by atoms with Gasteiger partial charge in [0.1, 0.15) is 5.82 Å². The third kappa shape index (κ3) is 3.66. The van der Waals surface area contributed by atoms with Crippen LogP contribution in [-0.4, -0.2) is 37.8 Å². The molecule has 0 bridgehead atoms. The van der Waals surface area contributed by atoms with Crippen LogP contribution in [0.25, 0.3) is 0 Å². The summed E-state index contributed by atoms with van der Waals surface area (Å²) >= 11 is 0. The van der Waals surface area contributed by atoms with Crippen LogP contribution in [0.3, 0.4) is 0 Å². The van der Waals surface area contributed by atoms with Crippen molar-refractivity contribution in [1.82, 2.24) is 9.29 Å². The summed E-state index contributed by atoms with van der Waals surface area (Å²) in [6, 6.07) is 4.98. The van der Waals surface area contributed by atoms with Crippen molar-refractivity contribution in [2.45, 2.75) is 18.7 Å². The van der Waals surface area contributed by atoms with Crippen molar-refractivity contribution in [2.24, 2.45) is 5.92 Å². The smallest absolute Gasteiger partial charge is 0.243 e. The Morgan fingerprint density at radius 3 is 2.79 bits per heavy atom. The van der Waals surface area contributed by atoms with E-state index in [9.17, 15) is 8.42 Å². The highest BCUT2D eigenvalue weighted by Gasteiger charge is 2.24. The number of rotatable bonds is 6. The minimum atomic E-state index is -3.59. The lowest BCUT2D eigenvalue weighted by Gasteiger charge is -2.21. The van der Waals surface area contributed by atoms with Gasteiger partial charge in [0, 0.05) is 32.4 Å². The van der Waals surface area contributed by atoms with Crippen LogP contribution in [0.1, 0.15) is 13.8 Å². The molecule has 0 saturated heterocycles. The molecule has 1 heterocycles. The molecule has 0 aromatic carbocycles. The van der Waals surface area contributed by atoms with Crippen molar-refractivity contribution in [3.63, 3.8) is 0 Å². The molecule has 1 aromatic heterocycles. The van der Waals surface area contributed by atoms with Crippen LogP contribution in [-0.2, 0) is 10.0 Å². The van der Waals surface area contributed by atoms with E-state index in [-0.39, 0.29) is 17.4 Å². The Kier molecular flexibility index (Phi) is 5.27. The van der Waals surface area contributed by atoms with E-state index < -0.39 is 10.0 Å². The molecule has 104 valence electrons. The third-order valence-electron chi connectivity index (χ3n) is 2.68. The minimum absolute atomic E-state index is 0.179. The molecule has 0 amide bonds. The van der Waals surface area contributed by atoms with E-state index in [0.717, 1.165) is 0 Å². The van der Waals surface area contributed by atoms with E-state index in [0.29, 0.717) is 12.4 Å². The number of hydrogen-bond donors (Lipinski definition) is 1. The van der Waals surface area contributed by atoms with Gasteiger partial charge in [0.25, 0.3) is 0 Å². The topological polar surface area (TPSA) is 86.1 Å². The molecule has 0 fully saturated rings. The average molecular weight is 282 g/mol. The van der Waals surface area contributed by atoms with Gasteiger partial charge in [-0.2, -0.15) is 9.57 Å². The summed E-state index contributed by atoms with van der Waals surface area (Å²) in [6.45, 7) is 3.96. The normalized spacial score (nSPS) is 13.0. The van der Waals surface area contributed by atoms with Gasteiger partial charge in [0.05, 0.1) is 16.9 Å². The lowest BCUT2D eigenvalue weighted by molar-refractivity contribution is 0.400. The highest BCUT2D eigenvalue weighted by Crippen LogP contribution is 2.18. The Labute approximate surface area is 114 Å². The number of nitrogens with one attached hydrogen (secondary N) is 1. The molecule has 0 spiro atoms. The maximum Gasteiger partial charge on any atom is 0.243 e.